The summed E-state index contributed by atoms with van der Waals surface area (Å²) in [5.41, 5.74) is 0.547. The van der Waals surface area contributed by atoms with Crippen molar-refractivity contribution in [1.29, 1.82) is 0 Å². The number of hydrogen-bond donors (Lipinski definition) is 1. The van der Waals surface area contributed by atoms with Crippen molar-refractivity contribution < 1.29 is 14.3 Å². The zero-order valence-electron chi connectivity index (χ0n) is 15.1. The smallest absolute Gasteiger partial charge is 0.238 e. The lowest BCUT2D eigenvalue weighted by Gasteiger charge is -2.36. The average Bonchev–Trinajstić information content (AvgIpc) is 2.65. The molecule has 7 nitrogen and oxygen atoms in total. The van der Waals surface area contributed by atoms with Crippen LogP contribution in [0.1, 0.15) is 0 Å². The maximum atomic E-state index is 12.4. The summed E-state index contributed by atoms with van der Waals surface area (Å²) in [6, 6.07) is 4.96. The van der Waals surface area contributed by atoms with Crippen molar-refractivity contribution in [3.05, 3.63) is 28.2 Å². The molecule has 1 aromatic rings. The van der Waals surface area contributed by atoms with Crippen LogP contribution in [0.2, 0.25) is 10.0 Å². The van der Waals surface area contributed by atoms with Crippen LogP contribution in [-0.2, 0) is 14.3 Å². The number of ether oxygens (including phenoxy) is 1. The van der Waals surface area contributed by atoms with E-state index in [9.17, 15) is 9.59 Å². The van der Waals surface area contributed by atoms with Gasteiger partial charge in [-0.1, -0.05) is 23.2 Å². The van der Waals surface area contributed by atoms with Gasteiger partial charge >= 0.3 is 0 Å². The van der Waals surface area contributed by atoms with E-state index in [4.69, 9.17) is 27.9 Å². The molecule has 0 saturated carbocycles. The van der Waals surface area contributed by atoms with Crippen molar-refractivity contribution in [2.45, 2.75) is 0 Å². The first-order chi connectivity index (χ1) is 13.0. The van der Waals surface area contributed by atoms with Gasteiger partial charge in [0.25, 0.3) is 0 Å². The van der Waals surface area contributed by atoms with Crippen LogP contribution in [0.4, 0.5) is 5.69 Å². The lowest BCUT2D eigenvalue weighted by atomic mass is 10.2. The zero-order chi connectivity index (χ0) is 19.2. The summed E-state index contributed by atoms with van der Waals surface area (Å²) in [6.07, 6.45) is 0. The van der Waals surface area contributed by atoms with Crippen LogP contribution in [0.25, 0.3) is 0 Å². The highest BCUT2D eigenvalue weighted by molar-refractivity contribution is 6.36. The summed E-state index contributed by atoms with van der Waals surface area (Å²) in [6.45, 7) is 6.33. The third-order valence-electron chi connectivity index (χ3n) is 4.76. The number of carbonyl (C=O) groups is 2. The third kappa shape index (κ3) is 6.05. The second-order valence-corrected chi connectivity index (χ2v) is 7.56. The number of benzene rings is 1. The lowest BCUT2D eigenvalue weighted by molar-refractivity contribution is -0.135. The molecular formula is C18H24Cl2N4O3. The molecule has 0 radical (unpaired) electrons. The van der Waals surface area contributed by atoms with E-state index in [0.717, 1.165) is 13.1 Å². The van der Waals surface area contributed by atoms with Crippen LogP contribution in [0.15, 0.2) is 18.2 Å². The molecule has 0 aromatic heterocycles. The Balaban J connectivity index is 1.40. The van der Waals surface area contributed by atoms with Gasteiger partial charge in [-0.05, 0) is 18.2 Å². The molecule has 3 rings (SSSR count). The quantitative estimate of drug-likeness (QED) is 0.788. The lowest BCUT2D eigenvalue weighted by Crippen LogP contribution is -2.53. The second kappa shape index (κ2) is 9.71. The highest BCUT2D eigenvalue weighted by atomic mass is 35.5. The summed E-state index contributed by atoms with van der Waals surface area (Å²) < 4.78 is 5.31. The normalized spacial score (nSPS) is 19.1. The Labute approximate surface area is 169 Å². The van der Waals surface area contributed by atoms with Crippen LogP contribution in [0.5, 0.6) is 0 Å². The molecule has 148 valence electrons. The standard InChI is InChI=1S/C18H24Cl2N4O3/c19-14-1-2-16(15(20)11-14)21-17(25)12-22-3-5-24(6-4-22)18(26)13-23-7-9-27-10-8-23/h1-2,11H,3-10,12-13H2,(H,21,25). The topological polar surface area (TPSA) is 65.1 Å². The van der Waals surface area contributed by atoms with Crippen LogP contribution < -0.4 is 5.32 Å². The minimum Gasteiger partial charge on any atom is -0.379 e. The molecule has 2 heterocycles. The van der Waals surface area contributed by atoms with Gasteiger partial charge in [0.15, 0.2) is 0 Å². The summed E-state index contributed by atoms with van der Waals surface area (Å²) in [5.74, 6) is 0.0151. The Morgan fingerprint density at radius 1 is 0.963 bits per heavy atom. The molecule has 2 aliphatic heterocycles. The molecule has 0 unspecified atom stereocenters. The number of carbonyl (C=O) groups excluding carboxylic acids is 2. The average molecular weight is 415 g/mol. The first-order valence-electron chi connectivity index (χ1n) is 9.06. The van der Waals surface area contributed by atoms with E-state index >= 15 is 0 Å². The number of morpholine rings is 1. The summed E-state index contributed by atoms with van der Waals surface area (Å²) in [4.78, 5) is 30.7. The van der Waals surface area contributed by atoms with E-state index in [1.165, 1.54) is 0 Å². The van der Waals surface area contributed by atoms with E-state index in [0.29, 0.717) is 61.7 Å². The molecule has 1 N–H and O–H groups in total. The molecule has 27 heavy (non-hydrogen) atoms. The van der Waals surface area contributed by atoms with Crippen molar-refractivity contribution in [2.24, 2.45) is 0 Å². The maximum Gasteiger partial charge on any atom is 0.238 e. The van der Waals surface area contributed by atoms with E-state index in [1.54, 1.807) is 18.2 Å². The monoisotopic (exact) mass is 414 g/mol. The molecule has 2 amide bonds. The number of piperazine rings is 1. The highest BCUT2D eigenvalue weighted by Crippen LogP contribution is 2.25. The van der Waals surface area contributed by atoms with Crippen molar-refractivity contribution in [3.8, 4) is 0 Å². The largest absolute Gasteiger partial charge is 0.379 e. The Bertz CT molecular complexity index is 675. The van der Waals surface area contributed by atoms with Crippen molar-refractivity contribution in [2.75, 3.05) is 70.9 Å². The molecule has 2 saturated heterocycles. The number of hydrogen-bond acceptors (Lipinski definition) is 5. The highest BCUT2D eigenvalue weighted by Gasteiger charge is 2.24. The summed E-state index contributed by atoms with van der Waals surface area (Å²) in [7, 11) is 0. The Hall–Kier alpha value is -1.38. The van der Waals surface area contributed by atoms with Crippen LogP contribution in [-0.4, -0.2) is 92.1 Å². The van der Waals surface area contributed by atoms with Gasteiger partial charge < -0.3 is 15.0 Å². The SMILES string of the molecule is O=C(CN1CCN(C(=O)CN2CCOCC2)CC1)Nc1ccc(Cl)cc1Cl. The first-order valence-corrected chi connectivity index (χ1v) is 9.82. The van der Waals surface area contributed by atoms with E-state index in [2.05, 4.69) is 10.2 Å². The summed E-state index contributed by atoms with van der Waals surface area (Å²) >= 11 is 11.9. The molecule has 1 aromatic carbocycles. The molecule has 0 atom stereocenters. The zero-order valence-corrected chi connectivity index (χ0v) is 16.6. The van der Waals surface area contributed by atoms with Gasteiger partial charge in [0.2, 0.25) is 11.8 Å². The van der Waals surface area contributed by atoms with Crippen molar-refractivity contribution in [1.82, 2.24) is 14.7 Å². The Morgan fingerprint density at radius 3 is 2.30 bits per heavy atom. The molecule has 2 aliphatic rings. The van der Waals surface area contributed by atoms with Crippen LogP contribution >= 0.6 is 23.2 Å². The number of rotatable bonds is 5. The van der Waals surface area contributed by atoms with Crippen LogP contribution in [0.3, 0.4) is 0 Å². The number of amides is 2. The van der Waals surface area contributed by atoms with Gasteiger partial charge in [-0.25, -0.2) is 0 Å². The van der Waals surface area contributed by atoms with Gasteiger partial charge in [-0.15, -0.1) is 0 Å². The number of halogens is 2. The number of nitrogens with one attached hydrogen (secondary N) is 1. The molecule has 2 fully saturated rings. The minimum atomic E-state index is -0.132. The van der Waals surface area contributed by atoms with Gasteiger partial charge in [-0.3, -0.25) is 19.4 Å². The van der Waals surface area contributed by atoms with E-state index in [-0.39, 0.29) is 18.4 Å². The fraction of sp³-hybridized carbons (Fsp3) is 0.556. The Kier molecular flexibility index (Phi) is 7.32. The van der Waals surface area contributed by atoms with Crippen LogP contribution in [0, 0.1) is 0 Å². The molecule has 0 bridgehead atoms. The first kappa shape index (κ1) is 20.4. The predicted octanol–water partition coefficient (Wildman–Crippen LogP) is 1.41. The van der Waals surface area contributed by atoms with Gasteiger partial charge in [0, 0.05) is 44.3 Å². The third-order valence-corrected chi connectivity index (χ3v) is 5.31. The Morgan fingerprint density at radius 2 is 1.63 bits per heavy atom. The van der Waals surface area contributed by atoms with E-state index < -0.39 is 0 Å². The van der Waals surface area contributed by atoms with Gasteiger partial charge in [0.05, 0.1) is 37.0 Å². The molecule has 9 heteroatoms. The number of anilines is 1. The predicted molar refractivity (Wildman–Crippen MR) is 105 cm³/mol. The summed E-state index contributed by atoms with van der Waals surface area (Å²) in [5, 5.41) is 3.74. The maximum absolute atomic E-state index is 12.4. The minimum absolute atomic E-state index is 0.132. The van der Waals surface area contributed by atoms with Gasteiger partial charge in [-0.2, -0.15) is 0 Å². The van der Waals surface area contributed by atoms with E-state index in [1.807, 2.05) is 9.80 Å². The molecule has 0 aliphatic carbocycles. The number of nitrogens with zero attached hydrogens (tertiary/aromatic N) is 3. The second-order valence-electron chi connectivity index (χ2n) is 6.72. The van der Waals surface area contributed by atoms with Crippen molar-refractivity contribution in [3.63, 3.8) is 0 Å². The van der Waals surface area contributed by atoms with Crippen molar-refractivity contribution >= 4 is 40.7 Å². The van der Waals surface area contributed by atoms with Gasteiger partial charge in [0.1, 0.15) is 0 Å². The fourth-order valence-electron chi connectivity index (χ4n) is 3.19. The molecule has 0 spiro atoms. The fourth-order valence-corrected chi connectivity index (χ4v) is 3.65. The molecular weight excluding hydrogens is 391 g/mol.